The number of nitrogens with zero attached hydrogens (tertiary/aromatic N) is 4. The van der Waals surface area contributed by atoms with Crippen molar-refractivity contribution in [1.29, 1.82) is 0 Å². The SMILES string of the molecule is C=CC(=O)N1CCCC(Nc2nc(Nc3ccc4c(c3)CCN(CC3COC3)C4)ncc2F)C1. The number of hydrogen-bond acceptors (Lipinski definition) is 7. The summed E-state index contributed by atoms with van der Waals surface area (Å²) in [5, 5.41) is 6.38. The van der Waals surface area contributed by atoms with Crippen LogP contribution >= 0.6 is 0 Å². The molecular weight excluding hydrogens is 435 g/mol. The van der Waals surface area contributed by atoms with Gasteiger partial charge in [-0.1, -0.05) is 12.6 Å². The molecule has 2 fully saturated rings. The number of nitrogens with one attached hydrogen (secondary N) is 2. The minimum absolute atomic E-state index is 0.0758. The van der Waals surface area contributed by atoms with E-state index in [-0.39, 0.29) is 17.8 Å². The summed E-state index contributed by atoms with van der Waals surface area (Å²) in [6, 6.07) is 6.23. The molecule has 1 amide bonds. The summed E-state index contributed by atoms with van der Waals surface area (Å²) in [7, 11) is 0. The molecule has 3 aliphatic rings. The van der Waals surface area contributed by atoms with Crippen molar-refractivity contribution >= 4 is 23.4 Å². The van der Waals surface area contributed by atoms with E-state index < -0.39 is 5.82 Å². The number of amides is 1. The average Bonchev–Trinajstić information content (AvgIpc) is 2.83. The van der Waals surface area contributed by atoms with Crippen molar-refractivity contribution in [2.75, 3.05) is 50.0 Å². The number of ether oxygens (including phenoxy) is 1. The van der Waals surface area contributed by atoms with Gasteiger partial charge in [-0.05, 0) is 48.6 Å². The van der Waals surface area contributed by atoms with E-state index in [1.807, 2.05) is 6.07 Å². The highest BCUT2D eigenvalue weighted by molar-refractivity contribution is 5.87. The summed E-state index contributed by atoms with van der Waals surface area (Å²) in [6.45, 7) is 9.59. The average molecular weight is 467 g/mol. The van der Waals surface area contributed by atoms with Crippen LogP contribution < -0.4 is 10.6 Å². The van der Waals surface area contributed by atoms with Gasteiger partial charge >= 0.3 is 0 Å². The maximum Gasteiger partial charge on any atom is 0.246 e. The summed E-state index contributed by atoms with van der Waals surface area (Å²) < 4.78 is 19.7. The first-order valence-electron chi connectivity index (χ1n) is 12.0. The Morgan fingerprint density at radius 3 is 2.97 bits per heavy atom. The number of anilines is 3. The van der Waals surface area contributed by atoms with Gasteiger partial charge < -0.3 is 20.3 Å². The largest absolute Gasteiger partial charge is 0.381 e. The molecule has 3 aliphatic heterocycles. The van der Waals surface area contributed by atoms with E-state index in [0.717, 1.165) is 57.8 Å². The molecule has 2 N–H and O–H groups in total. The lowest BCUT2D eigenvalue weighted by molar-refractivity contribution is -0.127. The molecule has 8 nitrogen and oxygen atoms in total. The van der Waals surface area contributed by atoms with Crippen molar-refractivity contribution in [3.63, 3.8) is 0 Å². The van der Waals surface area contributed by atoms with Gasteiger partial charge in [0.25, 0.3) is 0 Å². The number of halogens is 1. The molecule has 4 heterocycles. The maximum atomic E-state index is 14.4. The van der Waals surface area contributed by atoms with Gasteiger partial charge in [0.2, 0.25) is 11.9 Å². The van der Waals surface area contributed by atoms with Gasteiger partial charge in [0.15, 0.2) is 11.6 Å². The highest BCUT2D eigenvalue weighted by atomic mass is 19.1. The number of carbonyl (C=O) groups excluding carboxylic acids is 1. The lowest BCUT2D eigenvalue weighted by atomic mass is 9.97. The van der Waals surface area contributed by atoms with Crippen LogP contribution in [-0.2, 0) is 22.5 Å². The van der Waals surface area contributed by atoms with Gasteiger partial charge in [-0.15, -0.1) is 0 Å². The van der Waals surface area contributed by atoms with Crippen molar-refractivity contribution in [3.8, 4) is 0 Å². The molecule has 0 saturated carbocycles. The molecule has 2 saturated heterocycles. The van der Waals surface area contributed by atoms with Crippen molar-refractivity contribution in [2.45, 2.75) is 31.8 Å². The molecule has 2 aromatic rings. The molecular formula is C25H31FN6O2. The van der Waals surface area contributed by atoms with Gasteiger partial charge in [0, 0.05) is 50.4 Å². The molecule has 1 atom stereocenters. The second-order valence-corrected chi connectivity index (χ2v) is 9.36. The number of carbonyl (C=O) groups is 1. The molecule has 0 radical (unpaired) electrons. The van der Waals surface area contributed by atoms with Gasteiger partial charge in [-0.2, -0.15) is 4.98 Å². The first-order valence-corrected chi connectivity index (χ1v) is 12.0. The van der Waals surface area contributed by atoms with Gasteiger partial charge in [0.05, 0.1) is 19.4 Å². The molecule has 34 heavy (non-hydrogen) atoms. The smallest absolute Gasteiger partial charge is 0.246 e. The second-order valence-electron chi connectivity index (χ2n) is 9.36. The predicted octanol–water partition coefficient (Wildman–Crippen LogP) is 2.95. The monoisotopic (exact) mass is 466 g/mol. The van der Waals surface area contributed by atoms with Crippen LogP contribution in [0.15, 0.2) is 37.1 Å². The van der Waals surface area contributed by atoms with Crippen LogP contribution in [-0.4, -0.2) is 71.1 Å². The Morgan fingerprint density at radius 2 is 2.18 bits per heavy atom. The molecule has 1 unspecified atom stereocenters. The third kappa shape index (κ3) is 5.20. The summed E-state index contributed by atoms with van der Waals surface area (Å²) in [4.78, 5) is 24.7. The molecule has 0 bridgehead atoms. The Hall–Kier alpha value is -3.04. The number of benzene rings is 1. The fourth-order valence-corrected chi connectivity index (χ4v) is 4.88. The Labute approximate surface area is 199 Å². The highest BCUT2D eigenvalue weighted by Crippen LogP contribution is 2.26. The van der Waals surface area contributed by atoms with E-state index >= 15 is 0 Å². The second kappa shape index (κ2) is 10.1. The minimum Gasteiger partial charge on any atom is -0.381 e. The van der Waals surface area contributed by atoms with Crippen molar-refractivity contribution < 1.29 is 13.9 Å². The summed E-state index contributed by atoms with van der Waals surface area (Å²) in [5.74, 6) is 0.523. The van der Waals surface area contributed by atoms with Gasteiger partial charge in [-0.3, -0.25) is 9.69 Å². The zero-order valence-corrected chi connectivity index (χ0v) is 19.3. The molecule has 1 aromatic carbocycles. The zero-order chi connectivity index (χ0) is 23.5. The van der Waals surface area contributed by atoms with Crippen LogP contribution in [0.3, 0.4) is 0 Å². The van der Waals surface area contributed by atoms with Crippen LogP contribution in [0.1, 0.15) is 24.0 Å². The van der Waals surface area contributed by atoms with E-state index in [2.05, 4.69) is 44.2 Å². The number of rotatable bonds is 7. The zero-order valence-electron chi connectivity index (χ0n) is 19.3. The predicted molar refractivity (Wildman–Crippen MR) is 128 cm³/mol. The summed E-state index contributed by atoms with van der Waals surface area (Å²) in [5.41, 5.74) is 3.55. The fourth-order valence-electron chi connectivity index (χ4n) is 4.88. The fraction of sp³-hybridized carbons (Fsp3) is 0.480. The lowest BCUT2D eigenvalue weighted by Gasteiger charge is -2.35. The van der Waals surface area contributed by atoms with Crippen molar-refractivity contribution in [1.82, 2.24) is 19.8 Å². The van der Waals surface area contributed by atoms with Crippen LogP contribution in [0, 0.1) is 11.7 Å². The number of piperidine rings is 1. The number of aromatic nitrogens is 2. The molecule has 180 valence electrons. The third-order valence-electron chi connectivity index (χ3n) is 6.77. The van der Waals surface area contributed by atoms with Crippen molar-refractivity contribution in [2.24, 2.45) is 5.92 Å². The van der Waals surface area contributed by atoms with E-state index in [1.165, 1.54) is 23.4 Å². The topological polar surface area (TPSA) is 82.6 Å². The van der Waals surface area contributed by atoms with E-state index in [1.54, 1.807) is 4.90 Å². The molecule has 1 aromatic heterocycles. The number of likely N-dealkylation sites (tertiary alicyclic amines) is 1. The van der Waals surface area contributed by atoms with E-state index in [0.29, 0.717) is 25.0 Å². The summed E-state index contributed by atoms with van der Waals surface area (Å²) >= 11 is 0. The standard InChI is InChI=1S/C25H31FN6O2/c1-2-23(33)32-8-3-4-21(14-32)28-24-22(26)11-27-25(30-24)29-20-6-5-19-13-31(9-7-18(19)10-20)12-17-15-34-16-17/h2,5-6,10-11,17,21H,1,3-4,7-9,12-16H2,(H2,27,28,29,30). The highest BCUT2D eigenvalue weighted by Gasteiger charge is 2.25. The Balaban J connectivity index is 1.22. The van der Waals surface area contributed by atoms with Crippen LogP contribution in [0.4, 0.5) is 21.8 Å². The lowest BCUT2D eigenvalue weighted by Crippen LogP contribution is -2.44. The van der Waals surface area contributed by atoms with Crippen LogP contribution in [0.2, 0.25) is 0 Å². The van der Waals surface area contributed by atoms with Crippen LogP contribution in [0.5, 0.6) is 0 Å². The van der Waals surface area contributed by atoms with E-state index in [9.17, 15) is 9.18 Å². The molecule has 0 spiro atoms. The Morgan fingerprint density at radius 1 is 1.29 bits per heavy atom. The van der Waals surface area contributed by atoms with Gasteiger partial charge in [-0.25, -0.2) is 9.37 Å². The first-order chi connectivity index (χ1) is 16.6. The summed E-state index contributed by atoms with van der Waals surface area (Å²) in [6.07, 6.45) is 5.17. The molecule has 9 heteroatoms. The Bertz CT molecular complexity index is 1060. The molecule has 5 rings (SSSR count). The van der Waals surface area contributed by atoms with E-state index in [4.69, 9.17) is 4.74 Å². The third-order valence-corrected chi connectivity index (χ3v) is 6.77. The van der Waals surface area contributed by atoms with Crippen molar-refractivity contribution in [3.05, 3.63) is 54.0 Å². The number of fused-ring (bicyclic) bond motifs is 1. The Kier molecular flexibility index (Phi) is 6.73. The normalized spacial score (nSPS) is 20.9. The van der Waals surface area contributed by atoms with Crippen LogP contribution in [0.25, 0.3) is 0 Å². The van der Waals surface area contributed by atoms with Gasteiger partial charge in [0.1, 0.15) is 0 Å². The maximum absolute atomic E-state index is 14.4. The molecule has 0 aliphatic carbocycles. The first kappa shape index (κ1) is 22.7. The minimum atomic E-state index is -0.514. The number of hydrogen-bond donors (Lipinski definition) is 2. The quantitative estimate of drug-likeness (QED) is 0.607.